The smallest absolute Gasteiger partial charge is 0.235 e. The molecule has 3 N–H and O–H groups in total. The third-order valence-electron chi connectivity index (χ3n) is 7.80. The SMILES string of the molecule is O=C(CCNC(=O)C12CC3CC(CC(C3)C1)C2)Nc1cc(N2CCCS2(=O)=O)ccc1O. The van der Waals surface area contributed by atoms with Crippen molar-refractivity contribution in [2.75, 3.05) is 28.5 Å². The van der Waals surface area contributed by atoms with E-state index in [-0.39, 0.29) is 47.4 Å². The van der Waals surface area contributed by atoms with Crippen LogP contribution >= 0.6 is 0 Å². The van der Waals surface area contributed by atoms with Gasteiger partial charge in [0.05, 0.1) is 17.1 Å². The highest BCUT2D eigenvalue weighted by molar-refractivity contribution is 7.93. The molecule has 5 fully saturated rings. The molecule has 1 aromatic carbocycles. The molecule has 0 unspecified atom stereocenters. The van der Waals surface area contributed by atoms with Gasteiger partial charge in [0.15, 0.2) is 0 Å². The zero-order valence-corrected chi connectivity index (χ0v) is 19.0. The lowest BCUT2D eigenvalue weighted by molar-refractivity contribution is -0.146. The quantitative estimate of drug-likeness (QED) is 0.563. The Hall–Kier alpha value is -2.29. The predicted octanol–water partition coefficient (Wildman–Crippen LogP) is 2.59. The van der Waals surface area contributed by atoms with Gasteiger partial charge in [-0.3, -0.25) is 13.9 Å². The van der Waals surface area contributed by atoms with Gasteiger partial charge in [0.1, 0.15) is 5.75 Å². The van der Waals surface area contributed by atoms with Crippen molar-refractivity contribution >= 4 is 33.2 Å². The van der Waals surface area contributed by atoms with Gasteiger partial charge in [-0.15, -0.1) is 0 Å². The molecule has 5 aliphatic rings. The molecule has 0 spiro atoms. The summed E-state index contributed by atoms with van der Waals surface area (Å²) in [5.41, 5.74) is 0.353. The van der Waals surface area contributed by atoms with Gasteiger partial charge in [-0.05, 0) is 80.9 Å². The van der Waals surface area contributed by atoms with Crippen LogP contribution in [0.5, 0.6) is 5.75 Å². The number of rotatable bonds is 6. The summed E-state index contributed by atoms with van der Waals surface area (Å²) in [7, 11) is -3.35. The number of hydrogen-bond acceptors (Lipinski definition) is 5. The topological polar surface area (TPSA) is 116 Å². The summed E-state index contributed by atoms with van der Waals surface area (Å²) < 4.78 is 25.6. The van der Waals surface area contributed by atoms with E-state index in [0.717, 1.165) is 19.3 Å². The van der Waals surface area contributed by atoms with Crippen LogP contribution in [0, 0.1) is 23.2 Å². The molecule has 6 rings (SSSR count). The molecule has 32 heavy (non-hydrogen) atoms. The highest BCUT2D eigenvalue weighted by Gasteiger charge is 2.54. The fourth-order valence-corrected chi connectivity index (χ4v) is 8.34. The van der Waals surface area contributed by atoms with Gasteiger partial charge >= 0.3 is 0 Å². The molecule has 4 aliphatic carbocycles. The number of aromatic hydroxyl groups is 1. The molecule has 1 aliphatic heterocycles. The van der Waals surface area contributed by atoms with Crippen LogP contribution in [0.3, 0.4) is 0 Å². The molecular weight excluding hydrogens is 430 g/mol. The minimum atomic E-state index is -3.35. The number of benzene rings is 1. The van der Waals surface area contributed by atoms with E-state index >= 15 is 0 Å². The third kappa shape index (κ3) is 3.95. The molecule has 0 radical (unpaired) electrons. The molecule has 1 saturated heterocycles. The van der Waals surface area contributed by atoms with E-state index in [2.05, 4.69) is 10.6 Å². The van der Waals surface area contributed by atoms with Gasteiger partial charge in [-0.1, -0.05) is 0 Å². The maximum Gasteiger partial charge on any atom is 0.235 e. The number of phenols is 1. The number of nitrogens with one attached hydrogen (secondary N) is 2. The lowest BCUT2D eigenvalue weighted by Gasteiger charge is -2.55. The second kappa shape index (κ2) is 7.93. The number of hydrogen-bond donors (Lipinski definition) is 3. The number of nitrogens with zero attached hydrogens (tertiary/aromatic N) is 1. The minimum Gasteiger partial charge on any atom is -0.506 e. The lowest BCUT2D eigenvalue weighted by atomic mass is 9.49. The zero-order chi connectivity index (χ0) is 22.5. The Morgan fingerprint density at radius 2 is 1.75 bits per heavy atom. The number of phenolic OH excluding ortho intramolecular Hbond substituents is 1. The number of carbonyl (C=O) groups excluding carboxylic acids is 2. The number of carbonyl (C=O) groups is 2. The first-order valence-corrected chi connectivity index (χ1v) is 13.3. The average molecular weight is 462 g/mol. The summed E-state index contributed by atoms with van der Waals surface area (Å²) in [5, 5.41) is 15.8. The molecule has 1 aromatic rings. The summed E-state index contributed by atoms with van der Waals surface area (Å²) in [6, 6.07) is 4.39. The Labute approximate surface area is 188 Å². The maximum absolute atomic E-state index is 13.0. The molecule has 0 atom stereocenters. The number of amides is 2. The molecule has 9 heteroatoms. The van der Waals surface area contributed by atoms with Crippen LogP contribution in [0.4, 0.5) is 11.4 Å². The van der Waals surface area contributed by atoms with Crippen molar-refractivity contribution in [3.05, 3.63) is 18.2 Å². The van der Waals surface area contributed by atoms with Crippen molar-refractivity contribution < 1.29 is 23.1 Å². The monoisotopic (exact) mass is 461 g/mol. The van der Waals surface area contributed by atoms with Crippen LogP contribution in [0.1, 0.15) is 51.4 Å². The van der Waals surface area contributed by atoms with Crippen molar-refractivity contribution in [3.63, 3.8) is 0 Å². The van der Waals surface area contributed by atoms with Crippen molar-refractivity contribution in [3.8, 4) is 5.75 Å². The van der Waals surface area contributed by atoms with Gasteiger partial charge in [-0.2, -0.15) is 0 Å². The van der Waals surface area contributed by atoms with Gasteiger partial charge in [0.25, 0.3) is 0 Å². The molecule has 0 aromatic heterocycles. The minimum absolute atomic E-state index is 0.0871. The second-order valence-corrected chi connectivity index (χ2v) is 12.2. The predicted molar refractivity (Wildman–Crippen MR) is 121 cm³/mol. The fourth-order valence-electron chi connectivity index (χ4n) is 6.79. The first-order chi connectivity index (χ1) is 15.2. The molecule has 4 saturated carbocycles. The van der Waals surface area contributed by atoms with Crippen LogP contribution in [0.15, 0.2) is 18.2 Å². The standard InChI is InChI=1S/C23H31N3O5S/c27-20-3-2-18(26-6-1-7-32(26,30)31)11-19(20)25-21(28)4-5-24-22(29)23-12-15-8-16(13-23)10-17(9-15)14-23/h2-3,11,15-17,27H,1,4-10,12-14H2,(H,24,29)(H,25,28). The molecule has 1 heterocycles. The Balaban J connectivity index is 1.16. The van der Waals surface area contributed by atoms with Crippen LogP contribution < -0.4 is 14.9 Å². The van der Waals surface area contributed by atoms with Gasteiger partial charge in [0.2, 0.25) is 21.8 Å². The highest BCUT2D eigenvalue weighted by atomic mass is 32.2. The Morgan fingerprint density at radius 1 is 1.09 bits per heavy atom. The van der Waals surface area contributed by atoms with Gasteiger partial charge < -0.3 is 15.7 Å². The van der Waals surface area contributed by atoms with E-state index in [0.29, 0.717) is 36.4 Å². The van der Waals surface area contributed by atoms with E-state index in [1.54, 1.807) is 0 Å². The van der Waals surface area contributed by atoms with E-state index < -0.39 is 10.0 Å². The molecule has 2 amide bonds. The zero-order valence-electron chi connectivity index (χ0n) is 18.2. The molecule has 8 nitrogen and oxygen atoms in total. The fraction of sp³-hybridized carbons (Fsp3) is 0.652. The first-order valence-electron chi connectivity index (χ1n) is 11.7. The third-order valence-corrected chi connectivity index (χ3v) is 9.67. The lowest BCUT2D eigenvalue weighted by Crippen LogP contribution is -2.53. The van der Waals surface area contributed by atoms with Crippen LogP contribution in [0.25, 0.3) is 0 Å². The van der Waals surface area contributed by atoms with Gasteiger partial charge in [0, 0.05) is 24.9 Å². The molecule has 174 valence electrons. The first kappa shape index (κ1) is 21.6. The van der Waals surface area contributed by atoms with Gasteiger partial charge in [-0.25, -0.2) is 8.42 Å². The van der Waals surface area contributed by atoms with Crippen molar-refractivity contribution in [1.29, 1.82) is 0 Å². The van der Waals surface area contributed by atoms with E-state index in [4.69, 9.17) is 0 Å². The Morgan fingerprint density at radius 3 is 2.34 bits per heavy atom. The van der Waals surface area contributed by atoms with Crippen LogP contribution in [0.2, 0.25) is 0 Å². The van der Waals surface area contributed by atoms with Crippen molar-refractivity contribution in [1.82, 2.24) is 5.32 Å². The van der Waals surface area contributed by atoms with Crippen molar-refractivity contribution in [2.45, 2.75) is 51.4 Å². The second-order valence-electron chi connectivity index (χ2n) is 10.2. The largest absolute Gasteiger partial charge is 0.506 e. The average Bonchev–Trinajstić information content (AvgIpc) is 3.07. The number of sulfonamides is 1. The summed E-state index contributed by atoms with van der Waals surface area (Å²) in [4.78, 5) is 25.4. The highest BCUT2D eigenvalue weighted by Crippen LogP contribution is 2.60. The van der Waals surface area contributed by atoms with Crippen molar-refractivity contribution in [2.24, 2.45) is 23.2 Å². The Kier molecular flexibility index (Phi) is 5.34. The molecule has 4 bridgehead atoms. The van der Waals surface area contributed by atoms with E-state index in [1.807, 2.05) is 0 Å². The van der Waals surface area contributed by atoms with Crippen LogP contribution in [-0.2, 0) is 19.6 Å². The van der Waals surface area contributed by atoms with E-state index in [9.17, 15) is 23.1 Å². The maximum atomic E-state index is 13.0. The Bertz CT molecular complexity index is 1000. The van der Waals surface area contributed by atoms with Crippen LogP contribution in [-0.4, -0.2) is 44.2 Å². The van der Waals surface area contributed by atoms with E-state index in [1.165, 1.54) is 41.8 Å². The normalized spacial score (nSPS) is 32.1. The number of anilines is 2. The summed E-state index contributed by atoms with van der Waals surface area (Å²) in [5.74, 6) is 1.77. The summed E-state index contributed by atoms with van der Waals surface area (Å²) >= 11 is 0. The molecular formula is C23H31N3O5S. The summed E-state index contributed by atoms with van der Waals surface area (Å²) in [6.45, 7) is 0.629. The summed E-state index contributed by atoms with van der Waals surface area (Å²) in [6.07, 6.45) is 7.41.